The summed E-state index contributed by atoms with van der Waals surface area (Å²) >= 11 is 6.25. The van der Waals surface area contributed by atoms with E-state index in [4.69, 9.17) is 22.6 Å². The van der Waals surface area contributed by atoms with Crippen molar-refractivity contribution in [2.24, 2.45) is 0 Å². The second kappa shape index (κ2) is 6.42. The first-order valence-electron chi connectivity index (χ1n) is 7.66. The van der Waals surface area contributed by atoms with E-state index in [0.717, 1.165) is 22.6 Å². The number of aromatic nitrogens is 3. The lowest BCUT2D eigenvalue weighted by atomic mass is 10.0. The molecule has 0 spiro atoms. The largest absolute Gasteiger partial charge is 0.385 e. The highest BCUT2D eigenvalue weighted by Gasteiger charge is 2.13. The number of benzene rings is 1. The zero-order chi connectivity index (χ0) is 17.3. The van der Waals surface area contributed by atoms with Crippen LogP contribution in [0, 0.1) is 18.3 Å². The van der Waals surface area contributed by atoms with Crippen molar-refractivity contribution >= 4 is 17.4 Å². The molecule has 0 aliphatic rings. The molecule has 2 aromatic heterocycles. The van der Waals surface area contributed by atoms with Gasteiger partial charge in [-0.3, -0.25) is 4.68 Å². The third-order valence-corrected chi connectivity index (χ3v) is 4.65. The Morgan fingerprint density at radius 3 is 2.75 bits per heavy atom. The number of nitriles is 1. The fourth-order valence-electron chi connectivity index (χ4n) is 2.82. The van der Waals surface area contributed by atoms with Crippen molar-refractivity contribution in [3.63, 3.8) is 0 Å². The molecule has 2 heterocycles. The average molecular weight is 340 g/mol. The lowest BCUT2D eigenvalue weighted by Crippen LogP contribution is -2.14. The summed E-state index contributed by atoms with van der Waals surface area (Å²) < 4.78 is 3.91. The number of nitrogens with two attached hydrogens (primary N) is 1. The van der Waals surface area contributed by atoms with Crippen LogP contribution in [0.5, 0.6) is 0 Å². The summed E-state index contributed by atoms with van der Waals surface area (Å²) in [4.78, 5) is 0. The minimum absolute atomic E-state index is 0.193. The quantitative estimate of drug-likeness (QED) is 0.780. The summed E-state index contributed by atoms with van der Waals surface area (Å²) in [6.45, 7) is 4.71. The number of hydrogen-bond acceptors (Lipinski definition) is 3. The maximum Gasteiger partial charge on any atom is 0.103 e. The summed E-state index contributed by atoms with van der Waals surface area (Å²) in [5.41, 5.74) is 9.07. The van der Waals surface area contributed by atoms with Gasteiger partial charge in [-0.05, 0) is 43.7 Å². The smallest absolute Gasteiger partial charge is 0.103 e. The molecular weight excluding hydrogens is 322 g/mol. The molecule has 122 valence electrons. The van der Waals surface area contributed by atoms with Crippen molar-refractivity contribution in [3.05, 3.63) is 58.9 Å². The van der Waals surface area contributed by atoms with Gasteiger partial charge >= 0.3 is 0 Å². The molecule has 5 nitrogen and oxygen atoms in total. The Morgan fingerprint density at radius 2 is 2.08 bits per heavy atom. The third-order valence-electron chi connectivity index (χ3n) is 4.16. The maximum atomic E-state index is 9.05. The zero-order valence-electron chi connectivity index (χ0n) is 13.6. The van der Waals surface area contributed by atoms with Crippen LogP contribution in [0.1, 0.15) is 24.1 Å². The fraction of sp³-hybridized carbons (Fsp3) is 0.222. The van der Waals surface area contributed by atoms with E-state index in [-0.39, 0.29) is 6.04 Å². The van der Waals surface area contributed by atoms with E-state index in [1.165, 1.54) is 0 Å². The minimum atomic E-state index is 0.193. The van der Waals surface area contributed by atoms with Crippen LogP contribution in [0.2, 0.25) is 5.02 Å². The van der Waals surface area contributed by atoms with E-state index in [1.54, 1.807) is 6.07 Å². The third kappa shape index (κ3) is 2.89. The van der Waals surface area contributed by atoms with Crippen molar-refractivity contribution in [3.8, 4) is 17.3 Å². The first-order valence-corrected chi connectivity index (χ1v) is 8.04. The first kappa shape index (κ1) is 16.2. The van der Waals surface area contributed by atoms with Crippen LogP contribution in [0.25, 0.3) is 11.3 Å². The first-order chi connectivity index (χ1) is 11.5. The molecule has 24 heavy (non-hydrogen) atoms. The number of nitrogen functional groups attached to an aromatic ring is 1. The van der Waals surface area contributed by atoms with Crippen LogP contribution >= 0.6 is 11.6 Å². The van der Waals surface area contributed by atoms with E-state index >= 15 is 0 Å². The number of rotatable bonds is 4. The normalized spacial score (nSPS) is 12.1. The second-order valence-corrected chi connectivity index (χ2v) is 6.20. The Balaban J connectivity index is 1.85. The second-order valence-electron chi connectivity index (χ2n) is 5.82. The maximum absolute atomic E-state index is 9.05. The van der Waals surface area contributed by atoms with Gasteiger partial charge in [0.15, 0.2) is 0 Å². The standard InChI is InChI=1S/C18H18ClN5/c1-12(24-8-3-4-17(24)21)11-23-9-7-16(22-23)15-6-5-14(10-20)18(19)13(15)2/h3-9,12H,11,21H2,1-2H3/t12-/m0/s1. The van der Waals surface area contributed by atoms with Crippen molar-refractivity contribution in [1.29, 1.82) is 5.26 Å². The molecule has 1 aromatic carbocycles. The van der Waals surface area contributed by atoms with Gasteiger partial charge in [0.1, 0.15) is 11.9 Å². The van der Waals surface area contributed by atoms with E-state index in [0.29, 0.717) is 17.1 Å². The Bertz CT molecular complexity index is 916. The van der Waals surface area contributed by atoms with E-state index in [2.05, 4.69) is 18.1 Å². The monoisotopic (exact) mass is 339 g/mol. The van der Waals surface area contributed by atoms with Gasteiger partial charge in [0.25, 0.3) is 0 Å². The van der Waals surface area contributed by atoms with E-state index < -0.39 is 0 Å². The van der Waals surface area contributed by atoms with Gasteiger partial charge < -0.3 is 10.3 Å². The highest BCUT2D eigenvalue weighted by molar-refractivity contribution is 6.32. The molecule has 0 radical (unpaired) electrons. The van der Waals surface area contributed by atoms with Gasteiger partial charge in [0.05, 0.1) is 28.9 Å². The molecule has 6 heteroatoms. The highest BCUT2D eigenvalue weighted by Crippen LogP contribution is 2.30. The fourth-order valence-corrected chi connectivity index (χ4v) is 3.03. The van der Waals surface area contributed by atoms with E-state index in [9.17, 15) is 0 Å². The van der Waals surface area contributed by atoms with Gasteiger partial charge in [0.2, 0.25) is 0 Å². The number of nitrogens with zero attached hydrogens (tertiary/aromatic N) is 4. The predicted octanol–water partition coefficient (Wildman–Crippen LogP) is 4.03. The van der Waals surface area contributed by atoms with Crippen LogP contribution in [0.15, 0.2) is 42.7 Å². The van der Waals surface area contributed by atoms with Gasteiger partial charge in [-0.2, -0.15) is 10.4 Å². The number of anilines is 1. The molecule has 0 bridgehead atoms. The van der Waals surface area contributed by atoms with Crippen molar-refractivity contribution in [1.82, 2.24) is 14.3 Å². The Labute approximate surface area is 145 Å². The number of hydrogen-bond donors (Lipinski definition) is 1. The van der Waals surface area contributed by atoms with Crippen molar-refractivity contribution in [2.45, 2.75) is 26.4 Å². The Morgan fingerprint density at radius 1 is 1.29 bits per heavy atom. The van der Waals surface area contributed by atoms with Crippen molar-refractivity contribution < 1.29 is 0 Å². The molecule has 1 atom stereocenters. The average Bonchev–Trinajstić information content (AvgIpc) is 3.19. The minimum Gasteiger partial charge on any atom is -0.385 e. The molecule has 0 fully saturated rings. The molecule has 3 aromatic rings. The molecule has 3 rings (SSSR count). The molecule has 0 amide bonds. The summed E-state index contributed by atoms with van der Waals surface area (Å²) in [7, 11) is 0. The highest BCUT2D eigenvalue weighted by atomic mass is 35.5. The molecule has 0 aliphatic heterocycles. The van der Waals surface area contributed by atoms with Crippen molar-refractivity contribution in [2.75, 3.05) is 5.73 Å². The zero-order valence-corrected chi connectivity index (χ0v) is 14.3. The SMILES string of the molecule is Cc1c(-c2ccn(C[C@H](C)n3cccc3N)n2)ccc(C#N)c1Cl. The topological polar surface area (TPSA) is 72.6 Å². The van der Waals surface area contributed by atoms with Gasteiger partial charge in [-0.15, -0.1) is 0 Å². The molecular formula is C18H18ClN5. The van der Waals surface area contributed by atoms with Gasteiger partial charge in [-0.25, -0.2) is 0 Å². The van der Waals surface area contributed by atoms with Crippen LogP contribution in [0.4, 0.5) is 5.82 Å². The van der Waals surface area contributed by atoms with Crippen LogP contribution < -0.4 is 5.73 Å². The summed E-state index contributed by atoms with van der Waals surface area (Å²) in [5, 5.41) is 14.2. The summed E-state index contributed by atoms with van der Waals surface area (Å²) in [5.74, 6) is 0.740. The summed E-state index contributed by atoms with van der Waals surface area (Å²) in [6, 6.07) is 11.7. The van der Waals surface area contributed by atoms with Crippen LogP contribution in [0.3, 0.4) is 0 Å². The van der Waals surface area contributed by atoms with E-state index in [1.807, 2.05) is 52.8 Å². The Kier molecular flexibility index (Phi) is 4.32. The Hall–Kier alpha value is -2.71. The molecule has 0 saturated carbocycles. The molecule has 0 aliphatic carbocycles. The number of halogens is 1. The molecule has 0 unspecified atom stereocenters. The van der Waals surface area contributed by atoms with Gasteiger partial charge in [-0.1, -0.05) is 17.7 Å². The molecule has 2 N–H and O–H groups in total. The van der Waals surface area contributed by atoms with Crippen LogP contribution in [-0.4, -0.2) is 14.3 Å². The summed E-state index contributed by atoms with van der Waals surface area (Å²) in [6.07, 6.45) is 3.91. The predicted molar refractivity (Wildman–Crippen MR) is 95.7 cm³/mol. The van der Waals surface area contributed by atoms with Gasteiger partial charge in [0, 0.05) is 18.0 Å². The molecule has 0 saturated heterocycles. The van der Waals surface area contributed by atoms with Crippen LogP contribution in [-0.2, 0) is 6.54 Å². The lowest BCUT2D eigenvalue weighted by Gasteiger charge is -2.15. The lowest BCUT2D eigenvalue weighted by molar-refractivity contribution is 0.443.